The van der Waals surface area contributed by atoms with Crippen LogP contribution in [0.4, 0.5) is 21.5 Å². The molecule has 1 aliphatic rings. The van der Waals surface area contributed by atoms with Crippen LogP contribution in [0.1, 0.15) is 10.4 Å². The van der Waals surface area contributed by atoms with Crippen LogP contribution in [0.25, 0.3) is 11.1 Å². The van der Waals surface area contributed by atoms with E-state index in [0.29, 0.717) is 17.1 Å². The Labute approximate surface area is 207 Å². The summed E-state index contributed by atoms with van der Waals surface area (Å²) in [5.41, 5.74) is 2.42. The topological polar surface area (TPSA) is 111 Å². The first kappa shape index (κ1) is 23.3. The lowest BCUT2D eigenvalue weighted by atomic mass is 10.0. The molecule has 0 aliphatic carbocycles. The van der Waals surface area contributed by atoms with E-state index in [0.717, 1.165) is 27.6 Å². The number of carbonyl (C=O) groups is 1. The van der Waals surface area contributed by atoms with Crippen molar-refractivity contribution in [2.45, 2.75) is 0 Å². The molecule has 36 heavy (non-hydrogen) atoms. The molecule has 10 heteroatoms. The molecule has 4 aromatic rings. The van der Waals surface area contributed by atoms with Gasteiger partial charge in [0.1, 0.15) is 11.6 Å². The minimum absolute atomic E-state index is 0.106. The molecule has 0 bridgehead atoms. The maximum atomic E-state index is 13.3. The van der Waals surface area contributed by atoms with E-state index in [2.05, 4.69) is 5.32 Å². The fourth-order valence-electron chi connectivity index (χ4n) is 3.74. The zero-order chi connectivity index (χ0) is 25.2. The fourth-order valence-corrected chi connectivity index (χ4v) is 4.34. The molecule has 8 nitrogen and oxygen atoms in total. The number of amides is 1. The van der Waals surface area contributed by atoms with Gasteiger partial charge in [-0.05, 0) is 77.9 Å². The van der Waals surface area contributed by atoms with Gasteiger partial charge in [0, 0.05) is 11.3 Å². The van der Waals surface area contributed by atoms with Crippen molar-refractivity contribution in [1.82, 2.24) is 0 Å². The molecule has 1 amide bonds. The minimum atomic E-state index is -2.83. The van der Waals surface area contributed by atoms with E-state index in [1.807, 2.05) is 18.2 Å². The van der Waals surface area contributed by atoms with E-state index in [4.69, 9.17) is 9.47 Å². The van der Waals surface area contributed by atoms with Crippen LogP contribution in [0.5, 0.6) is 17.2 Å². The number of nitrogens with zero attached hydrogens (tertiary/aromatic N) is 1. The van der Waals surface area contributed by atoms with Gasteiger partial charge in [-0.1, -0.05) is 18.2 Å². The van der Waals surface area contributed by atoms with Crippen molar-refractivity contribution in [3.63, 3.8) is 0 Å². The highest BCUT2D eigenvalue weighted by atomic mass is 32.2. The average Bonchev–Trinajstić information content (AvgIpc) is 3.35. The largest absolute Gasteiger partial charge is 0.755 e. The summed E-state index contributed by atoms with van der Waals surface area (Å²) in [6.07, 6.45) is 0. The highest BCUT2D eigenvalue weighted by Gasteiger charge is 2.17. The number of benzene rings is 4. The number of hydrogen-bond donors (Lipinski definition) is 2. The third-order valence-electron chi connectivity index (χ3n) is 5.52. The Balaban J connectivity index is 1.36. The van der Waals surface area contributed by atoms with E-state index in [1.165, 1.54) is 30.3 Å². The summed E-state index contributed by atoms with van der Waals surface area (Å²) in [7, 11) is 0. The Morgan fingerprint density at radius 2 is 1.61 bits per heavy atom. The van der Waals surface area contributed by atoms with Crippen LogP contribution in [0.3, 0.4) is 0 Å². The molecule has 0 radical (unpaired) electrons. The predicted octanol–water partition coefficient (Wildman–Crippen LogP) is 5.11. The summed E-state index contributed by atoms with van der Waals surface area (Å²) in [5, 5.41) is 13.0. The summed E-state index contributed by atoms with van der Waals surface area (Å²) in [5.74, 6) is 0.0354. The molecule has 1 heterocycles. The van der Waals surface area contributed by atoms with Gasteiger partial charge in [-0.3, -0.25) is 13.3 Å². The number of hydrogen-bond acceptors (Lipinski definition) is 6. The lowest BCUT2D eigenvalue weighted by Crippen LogP contribution is -2.20. The Morgan fingerprint density at radius 1 is 0.917 bits per heavy atom. The van der Waals surface area contributed by atoms with Gasteiger partial charge in [0.05, 0.1) is 22.6 Å². The molecule has 5 rings (SSSR count). The van der Waals surface area contributed by atoms with Gasteiger partial charge in [0.2, 0.25) is 6.79 Å². The Bertz CT molecular complexity index is 1460. The van der Waals surface area contributed by atoms with Crippen LogP contribution in [0, 0.1) is 5.82 Å². The van der Waals surface area contributed by atoms with E-state index >= 15 is 0 Å². The molecule has 0 saturated heterocycles. The van der Waals surface area contributed by atoms with Crippen molar-refractivity contribution in [2.24, 2.45) is 0 Å². The lowest BCUT2D eigenvalue weighted by Gasteiger charge is -2.27. The Kier molecular flexibility index (Phi) is 6.28. The smallest absolute Gasteiger partial charge is 0.255 e. The second-order valence-electron chi connectivity index (χ2n) is 7.79. The zero-order valence-electron chi connectivity index (χ0n) is 18.5. The number of aromatic hydroxyl groups is 1. The molecule has 0 fully saturated rings. The van der Waals surface area contributed by atoms with Crippen molar-refractivity contribution >= 4 is 34.2 Å². The average molecular weight is 506 g/mol. The van der Waals surface area contributed by atoms with Crippen LogP contribution in [0.2, 0.25) is 0 Å². The third kappa shape index (κ3) is 4.72. The third-order valence-corrected chi connectivity index (χ3v) is 6.22. The molecule has 1 aliphatic heterocycles. The molecule has 4 aromatic carbocycles. The number of rotatable bonds is 6. The first-order chi connectivity index (χ1) is 17.4. The molecule has 0 saturated carbocycles. The lowest BCUT2D eigenvalue weighted by molar-refractivity contribution is 0.102. The number of phenolic OH excluding ortho intramolecular Hbond substituents is 1. The Hall–Kier alpha value is -4.41. The van der Waals surface area contributed by atoms with E-state index in [9.17, 15) is 23.1 Å². The van der Waals surface area contributed by atoms with Crippen molar-refractivity contribution < 1.29 is 32.5 Å². The molecular weight excluding hydrogens is 487 g/mol. The Morgan fingerprint density at radius 3 is 2.33 bits per heavy atom. The molecule has 1 unspecified atom stereocenters. The van der Waals surface area contributed by atoms with Crippen molar-refractivity contribution in [2.75, 3.05) is 16.4 Å². The van der Waals surface area contributed by atoms with Gasteiger partial charge in [-0.25, -0.2) is 4.39 Å². The SMILES string of the molecule is O=C(Nc1ccc(O)c(N(c2ccc(F)cc2)S(=O)[O-])c1)c1ccc(-c2ccc3c(c2)OCO3)cc1. The molecule has 0 spiro atoms. The quantitative estimate of drug-likeness (QED) is 0.278. The van der Waals surface area contributed by atoms with Gasteiger partial charge in [0.15, 0.2) is 11.5 Å². The van der Waals surface area contributed by atoms with E-state index in [1.54, 1.807) is 24.3 Å². The molecule has 182 valence electrons. The van der Waals surface area contributed by atoms with E-state index in [-0.39, 0.29) is 29.6 Å². The summed E-state index contributed by atoms with van der Waals surface area (Å²) >= 11 is -2.83. The number of anilines is 3. The molecule has 2 N–H and O–H groups in total. The maximum absolute atomic E-state index is 13.3. The molecule has 0 aromatic heterocycles. The number of carbonyl (C=O) groups excluding carboxylic acids is 1. The second kappa shape index (κ2) is 9.68. The first-order valence-corrected chi connectivity index (χ1v) is 11.7. The van der Waals surface area contributed by atoms with E-state index < -0.39 is 23.0 Å². The number of fused-ring (bicyclic) bond motifs is 1. The number of phenols is 1. The van der Waals surface area contributed by atoms with Gasteiger partial charge >= 0.3 is 0 Å². The number of ether oxygens (including phenoxy) is 2. The summed E-state index contributed by atoms with van der Waals surface area (Å²) in [4.78, 5) is 12.8. The monoisotopic (exact) mass is 505 g/mol. The van der Waals surface area contributed by atoms with Crippen LogP contribution >= 0.6 is 0 Å². The molecular formula is C26H18FN2O6S-. The van der Waals surface area contributed by atoms with Crippen molar-refractivity contribution in [1.29, 1.82) is 0 Å². The van der Waals surface area contributed by atoms with Crippen molar-refractivity contribution in [3.05, 3.63) is 96.3 Å². The van der Waals surface area contributed by atoms with Crippen LogP contribution in [-0.4, -0.2) is 26.6 Å². The van der Waals surface area contributed by atoms with Crippen molar-refractivity contribution in [3.8, 4) is 28.4 Å². The maximum Gasteiger partial charge on any atom is 0.255 e. The van der Waals surface area contributed by atoms with Gasteiger partial charge in [-0.2, -0.15) is 0 Å². The normalized spacial score (nSPS) is 12.7. The highest BCUT2D eigenvalue weighted by molar-refractivity contribution is 7.81. The predicted molar refractivity (Wildman–Crippen MR) is 132 cm³/mol. The number of halogens is 1. The second-order valence-corrected chi connectivity index (χ2v) is 8.59. The van der Waals surface area contributed by atoms with Gasteiger partial charge in [0.25, 0.3) is 5.91 Å². The fraction of sp³-hybridized carbons (Fsp3) is 0.0385. The summed E-state index contributed by atoms with van der Waals surface area (Å²) < 4.78 is 48.7. The van der Waals surface area contributed by atoms with Crippen LogP contribution in [0.15, 0.2) is 84.9 Å². The van der Waals surface area contributed by atoms with Gasteiger partial charge in [-0.15, -0.1) is 0 Å². The minimum Gasteiger partial charge on any atom is -0.755 e. The van der Waals surface area contributed by atoms with Crippen LogP contribution in [-0.2, 0) is 11.3 Å². The first-order valence-electron chi connectivity index (χ1n) is 10.7. The summed E-state index contributed by atoms with van der Waals surface area (Å²) in [6, 6.07) is 21.2. The molecule has 1 atom stereocenters. The van der Waals surface area contributed by atoms with Gasteiger partial charge < -0.3 is 24.4 Å². The van der Waals surface area contributed by atoms with Crippen LogP contribution < -0.4 is 19.1 Å². The standard InChI is InChI=1S/C26H19FN2O6S/c27-19-6-9-21(10-7-19)29(36(32)33)22-14-20(8-11-23(22)30)28-26(31)17-3-1-16(2-4-17)18-5-12-24-25(13-18)35-15-34-24/h1-14,30H,15H2,(H,28,31)(H,32,33)/p-1. The number of nitrogens with one attached hydrogen (secondary N) is 1. The highest BCUT2D eigenvalue weighted by Crippen LogP contribution is 2.37. The summed E-state index contributed by atoms with van der Waals surface area (Å²) in [6.45, 7) is 0.184. The zero-order valence-corrected chi connectivity index (χ0v) is 19.3.